The molecule has 0 bridgehead atoms. The maximum atomic E-state index is 12.2. The van der Waals surface area contributed by atoms with Crippen LogP contribution in [0.15, 0.2) is 24.3 Å². The Morgan fingerprint density at radius 1 is 0.970 bits per heavy atom. The highest BCUT2D eigenvalue weighted by Crippen LogP contribution is 2.37. The molecule has 0 aliphatic heterocycles. The average Bonchev–Trinajstić information content (AvgIpc) is 2.82. The van der Waals surface area contributed by atoms with Gasteiger partial charge in [-0.3, -0.25) is 9.59 Å². The van der Waals surface area contributed by atoms with Crippen LogP contribution < -0.4 is 0 Å². The predicted octanol–water partition coefficient (Wildman–Crippen LogP) is 3.52. The van der Waals surface area contributed by atoms with E-state index in [1.54, 1.807) is 0 Å². The van der Waals surface area contributed by atoms with Crippen LogP contribution in [0.25, 0.3) is 0 Å². The minimum absolute atomic E-state index is 0.0934. The van der Waals surface area contributed by atoms with Gasteiger partial charge in [0.1, 0.15) is 18.3 Å². The first-order chi connectivity index (χ1) is 15.9. The van der Waals surface area contributed by atoms with E-state index in [4.69, 9.17) is 9.84 Å². The number of carbonyl (C=O) groups excluding carboxylic acids is 2. The van der Waals surface area contributed by atoms with Crippen molar-refractivity contribution in [3.05, 3.63) is 24.3 Å². The SMILES string of the molecule is CCCCC/C=C\C/C=C\CCCCCCCC(=O)O[C@@]1([C@@H](O)[C@H](O)[C@H](O)CO)CCC1=O. The zero-order valence-corrected chi connectivity index (χ0v) is 20.2. The van der Waals surface area contributed by atoms with Gasteiger partial charge in [0.05, 0.1) is 6.61 Å². The van der Waals surface area contributed by atoms with Crippen LogP contribution in [0, 0.1) is 0 Å². The number of hydrogen-bond donors (Lipinski definition) is 4. The van der Waals surface area contributed by atoms with E-state index in [9.17, 15) is 24.9 Å². The zero-order valence-electron chi connectivity index (χ0n) is 20.2. The molecule has 0 aromatic heterocycles. The summed E-state index contributed by atoms with van der Waals surface area (Å²) in [6.45, 7) is 1.44. The van der Waals surface area contributed by atoms with E-state index in [1.807, 2.05) is 0 Å². The fourth-order valence-corrected chi connectivity index (χ4v) is 3.88. The van der Waals surface area contributed by atoms with E-state index in [1.165, 1.54) is 25.7 Å². The smallest absolute Gasteiger partial charge is 0.306 e. The molecule has 1 aliphatic rings. The minimum Gasteiger partial charge on any atom is -0.448 e. The molecule has 190 valence electrons. The highest BCUT2D eigenvalue weighted by molar-refractivity contribution is 5.95. The van der Waals surface area contributed by atoms with E-state index in [0.29, 0.717) is 6.42 Å². The quantitative estimate of drug-likeness (QED) is 0.130. The molecule has 0 aromatic rings. The molecule has 0 saturated heterocycles. The second kappa shape index (κ2) is 17.0. The Kier molecular flexibility index (Phi) is 15.2. The first-order valence-corrected chi connectivity index (χ1v) is 12.6. The van der Waals surface area contributed by atoms with Gasteiger partial charge in [0.15, 0.2) is 11.4 Å². The molecule has 7 heteroatoms. The van der Waals surface area contributed by atoms with Crippen LogP contribution >= 0.6 is 0 Å². The van der Waals surface area contributed by atoms with Crippen LogP contribution in [0.2, 0.25) is 0 Å². The second-order valence-electron chi connectivity index (χ2n) is 8.95. The van der Waals surface area contributed by atoms with Crippen molar-refractivity contribution in [2.45, 2.75) is 121 Å². The van der Waals surface area contributed by atoms with Crippen LogP contribution in [0.4, 0.5) is 0 Å². The van der Waals surface area contributed by atoms with E-state index in [0.717, 1.165) is 38.5 Å². The van der Waals surface area contributed by atoms with Crippen LogP contribution in [0.1, 0.15) is 96.8 Å². The zero-order chi connectivity index (χ0) is 24.5. The molecule has 1 saturated carbocycles. The molecule has 0 heterocycles. The number of Topliss-reactive ketones (excluding diaryl/α,β-unsaturated/α-hetero) is 1. The Morgan fingerprint density at radius 2 is 1.58 bits per heavy atom. The number of unbranched alkanes of at least 4 members (excludes halogenated alkanes) is 8. The van der Waals surface area contributed by atoms with Crippen LogP contribution in [-0.2, 0) is 14.3 Å². The lowest BCUT2D eigenvalue weighted by Gasteiger charge is -2.44. The van der Waals surface area contributed by atoms with Crippen LogP contribution in [0.5, 0.6) is 0 Å². The number of carbonyl (C=O) groups is 2. The molecular formula is C26H44O7. The van der Waals surface area contributed by atoms with Gasteiger partial charge in [0, 0.05) is 19.3 Å². The first kappa shape index (κ1) is 29.5. The lowest BCUT2D eigenvalue weighted by molar-refractivity contribution is -0.211. The molecule has 1 fully saturated rings. The van der Waals surface area contributed by atoms with Gasteiger partial charge in [0.25, 0.3) is 0 Å². The summed E-state index contributed by atoms with van der Waals surface area (Å²) < 4.78 is 5.28. The van der Waals surface area contributed by atoms with E-state index in [2.05, 4.69) is 31.2 Å². The number of aliphatic hydroxyl groups is 4. The number of ketones is 1. The summed E-state index contributed by atoms with van der Waals surface area (Å²) in [6, 6.07) is 0. The number of hydrogen-bond acceptors (Lipinski definition) is 7. The van der Waals surface area contributed by atoms with Crippen molar-refractivity contribution >= 4 is 11.8 Å². The molecular weight excluding hydrogens is 424 g/mol. The van der Waals surface area contributed by atoms with Crippen molar-refractivity contribution in [3.8, 4) is 0 Å². The van der Waals surface area contributed by atoms with Gasteiger partial charge in [-0.05, 0) is 38.5 Å². The summed E-state index contributed by atoms with van der Waals surface area (Å²) in [5.41, 5.74) is -1.82. The topological polar surface area (TPSA) is 124 Å². The maximum absolute atomic E-state index is 12.2. The summed E-state index contributed by atoms with van der Waals surface area (Å²) in [5, 5.41) is 38.7. The highest BCUT2D eigenvalue weighted by atomic mass is 16.6. The Morgan fingerprint density at radius 3 is 2.12 bits per heavy atom. The van der Waals surface area contributed by atoms with Crippen molar-refractivity contribution in [1.29, 1.82) is 0 Å². The van der Waals surface area contributed by atoms with E-state index < -0.39 is 42.3 Å². The predicted molar refractivity (Wildman–Crippen MR) is 128 cm³/mol. The first-order valence-electron chi connectivity index (χ1n) is 12.6. The van der Waals surface area contributed by atoms with Crippen LogP contribution in [-0.4, -0.2) is 62.7 Å². The Labute approximate surface area is 198 Å². The van der Waals surface area contributed by atoms with Crippen molar-refractivity contribution in [3.63, 3.8) is 0 Å². The van der Waals surface area contributed by atoms with Crippen molar-refractivity contribution in [2.75, 3.05) is 6.61 Å². The Hall–Kier alpha value is -1.54. The number of rotatable bonds is 19. The second-order valence-corrected chi connectivity index (χ2v) is 8.95. The summed E-state index contributed by atoms with van der Waals surface area (Å²) in [4.78, 5) is 24.3. The maximum Gasteiger partial charge on any atom is 0.306 e. The van der Waals surface area contributed by atoms with Gasteiger partial charge >= 0.3 is 5.97 Å². The van der Waals surface area contributed by atoms with Gasteiger partial charge < -0.3 is 25.2 Å². The summed E-state index contributed by atoms with van der Waals surface area (Å²) in [7, 11) is 0. The summed E-state index contributed by atoms with van der Waals surface area (Å²) in [6.07, 6.45) is 15.8. The van der Waals surface area contributed by atoms with Gasteiger partial charge in [-0.15, -0.1) is 0 Å². The minimum atomic E-state index is -1.82. The fourth-order valence-electron chi connectivity index (χ4n) is 3.88. The van der Waals surface area contributed by atoms with Gasteiger partial charge in [0.2, 0.25) is 0 Å². The third kappa shape index (κ3) is 10.5. The molecule has 33 heavy (non-hydrogen) atoms. The molecule has 0 aromatic carbocycles. The van der Waals surface area contributed by atoms with Gasteiger partial charge in [-0.25, -0.2) is 0 Å². The molecule has 4 atom stereocenters. The lowest BCUT2D eigenvalue weighted by Crippen LogP contribution is -2.64. The molecule has 4 N–H and O–H groups in total. The lowest BCUT2D eigenvalue weighted by atomic mass is 9.72. The molecule has 0 amide bonds. The number of ether oxygens (including phenoxy) is 1. The fraction of sp³-hybridized carbons (Fsp3) is 0.769. The van der Waals surface area contributed by atoms with Crippen molar-refractivity contribution < 1.29 is 34.8 Å². The van der Waals surface area contributed by atoms with Gasteiger partial charge in [-0.1, -0.05) is 63.3 Å². The molecule has 1 rings (SSSR count). The highest BCUT2D eigenvalue weighted by Gasteiger charge is 2.58. The van der Waals surface area contributed by atoms with Crippen molar-refractivity contribution in [2.24, 2.45) is 0 Å². The van der Waals surface area contributed by atoms with Crippen molar-refractivity contribution in [1.82, 2.24) is 0 Å². The monoisotopic (exact) mass is 468 g/mol. The Balaban J connectivity index is 2.16. The molecule has 7 nitrogen and oxygen atoms in total. The summed E-state index contributed by atoms with van der Waals surface area (Å²) in [5.74, 6) is -1.08. The third-order valence-electron chi connectivity index (χ3n) is 6.21. The number of aliphatic hydroxyl groups excluding tert-OH is 4. The summed E-state index contributed by atoms with van der Waals surface area (Å²) >= 11 is 0. The number of allylic oxidation sites excluding steroid dienone is 4. The molecule has 0 spiro atoms. The molecule has 0 unspecified atom stereocenters. The van der Waals surface area contributed by atoms with E-state index in [-0.39, 0.29) is 19.3 Å². The largest absolute Gasteiger partial charge is 0.448 e. The van der Waals surface area contributed by atoms with Crippen LogP contribution in [0.3, 0.4) is 0 Å². The standard InChI is InChI=1S/C26H44O7/c1-2-3-4-5-6-7-8-9-10-11-12-13-14-15-16-17-23(30)33-26(19-18-22(26)29)25(32)24(31)21(28)20-27/h6-7,9-10,21,24-25,27-28,31-32H,2-5,8,11-20H2,1H3/b7-6-,10-9-/t21-,24-,25+,26+/m1/s1. The molecule has 1 aliphatic carbocycles. The Bertz CT molecular complexity index is 616. The normalized spacial score (nSPS) is 21.3. The average molecular weight is 469 g/mol. The third-order valence-corrected chi connectivity index (χ3v) is 6.21. The number of esters is 1. The van der Waals surface area contributed by atoms with E-state index >= 15 is 0 Å². The molecule has 0 radical (unpaired) electrons. The van der Waals surface area contributed by atoms with Gasteiger partial charge in [-0.2, -0.15) is 0 Å².